The van der Waals surface area contributed by atoms with Crippen LogP contribution in [0.4, 0.5) is 0 Å². The summed E-state index contributed by atoms with van der Waals surface area (Å²) in [5.74, 6) is 0. The van der Waals surface area contributed by atoms with Crippen LogP contribution in [-0.4, -0.2) is 5.38 Å². The summed E-state index contributed by atoms with van der Waals surface area (Å²) < 4.78 is 0. The largest absolute Gasteiger partial charge is 0.118 e. The Hall–Kier alpha value is 0.0300. The predicted molar refractivity (Wildman–Crippen MR) is 44.0 cm³/mol. The summed E-state index contributed by atoms with van der Waals surface area (Å²) in [5.41, 5.74) is 0. The van der Waals surface area contributed by atoms with E-state index in [9.17, 15) is 0 Å². The first-order chi connectivity index (χ1) is 4.31. The predicted octanol–water partition coefficient (Wildman–Crippen LogP) is 3.36. The van der Waals surface area contributed by atoms with E-state index in [1.165, 1.54) is 6.42 Å². The van der Waals surface area contributed by atoms with E-state index in [4.69, 9.17) is 11.6 Å². The topological polar surface area (TPSA) is 0 Å². The SMILES string of the molecule is CCCC=CC(Cl)CC. The molecule has 0 aromatic carbocycles. The minimum Gasteiger partial charge on any atom is -0.118 e. The van der Waals surface area contributed by atoms with Crippen LogP contribution < -0.4 is 0 Å². The van der Waals surface area contributed by atoms with Crippen LogP contribution in [0.25, 0.3) is 0 Å². The summed E-state index contributed by atoms with van der Waals surface area (Å²) in [6, 6.07) is 0. The summed E-state index contributed by atoms with van der Waals surface area (Å²) in [5, 5.41) is 0.247. The van der Waals surface area contributed by atoms with Crippen molar-refractivity contribution in [1.82, 2.24) is 0 Å². The standard InChI is InChI=1S/C8H15Cl/c1-3-5-6-7-8(9)4-2/h6-8H,3-5H2,1-2H3. The molecule has 0 rings (SSSR count). The zero-order valence-corrected chi connectivity index (χ0v) is 6.99. The third kappa shape index (κ3) is 5.91. The Morgan fingerprint density at radius 3 is 2.56 bits per heavy atom. The molecule has 0 heterocycles. The van der Waals surface area contributed by atoms with Crippen molar-refractivity contribution in [3.8, 4) is 0 Å². The molecular weight excluding hydrogens is 132 g/mol. The zero-order valence-electron chi connectivity index (χ0n) is 6.23. The number of hydrogen-bond acceptors (Lipinski definition) is 0. The van der Waals surface area contributed by atoms with Crippen molar-refractivity contribution >= 4 is 11.6 Å². The van der Waals surface area contributed by atoms with Crippen molar-refractivity contribution in [2.45, 2.75) is 38.5 Å². The fraction of sp³-hybridized carbons (Fsp3) is 0.750. The fourth-order valence-electron chi connectivity index (χ4n) is 0.547. The lowest BCUT2D eigenvalue weighted by atomic mass is 10.2. The van der Waals surface area contributed by atoms with Gasteiger partial charge in [-0.05, 0) is 12.8 Å². The van der Waals surface area contributed by atoms with Crippen molar-refractivity contribution in [2.75, 3.05) is 0 Å². The Bertz CT molecular complexity index is 76.6. The molecule has 0 radical (unpaired) electrons. The van der Waals surface area contributed by atoms with Crippen LogP contribution in [0.2, 0.25) is 0 Å². The Morgan fingerprint density at radius 1 is 1.44 bits per heavy atom. The van der Waals surface area contributed by atoms with Crippen LogP contribution >= 0.6 is 11.6 Å². The highest BCUT2D eigenvalue weighted by Gasteiger charge is 1.90. The summed E-state index contributed by atoms with van der Waals surface area (Å²) in [7, 11) is 0. The van der Waals surface area contributed by atoms with Gasteiger partial charge in [0.15, 0.2) is 0 Å². The normalized spacial score (nSPS) is 14.6. The first-order valence-electron chi connectivity index (χ1n) is 3.62. The molecule has 0 spiro atoms. The van der Waals surface area contributed by atoms with Crippen molar-refractivity contribution in [3.63, 3.8) is 0 Å². The third-order valence-corrected chi connectivity index (χ3v) is 1.64. The summed E-state index contributed by atoms with van der Waals surface area (Å²) in [6.07, 6.45) is 7.63. The lowest BCUT2D eigenvalue weighted by Gasteiger charge is -1.94. The van der Waals surface area contributed by atoms with Crippen molar-refractivity contribution in [1.29, 1.82) is 0 Å². The molecule has 0 bridgehead atoms. The molecule has 1 atom stereocenters. The summed E-state index contributed by atoms with van der Waals surface area (Å²) in [6.45, 7) is 4.26. The molecule has 0 N–H and O–H groups in total. The quantitative estimate of drug-likeness (QED) is 0.422. The maximum absolute atomic E-state index is 5.81. The van der Waals surface area contributed by atoms with Crippen LogP contribution in [0.1, 0.15) is 33.1 Å². The number of hydrogen-bond donors (Lipinski definition) is 0. The molecule has 0 aliphatic heterocycles. The molecule has 0 aliphatic carbocycles. The van der Waals surface area contributed by atoms with Gasteiger partial charge in [0.05, 0.1) is 5.38 Å². The molecular formula is C8H15Cl. The van der Waals surface area contributed by atoms with E-state index in [-0.39, 0.29) is 5.38 Å². The minimum atomic E-state index is 0.247. The van der Waals surface area contributed by atoms with Crippen LogP contribution in [0.15, 0.2) is 12.2 Å². The van der Waals surface area contributed by atoms with E-state index in [0.29, 0.717) is 0 Å². The van der Waals surface area contributed by atoms with E-state index in [1.807, 2.05) is 0 Å². The van der Waals surface area contributed by atoms with Crippen molar-refractivity contribution in [3.05, 3.63) is 12.2 Å². The lowest BCUT2D eigenvalue weighted by Crippen LogP contribution is -1.87. The van der Waals surface area contributed by atoms with Gasteiger partial charge < -0.3 is 0 Å². The molecule has 0 amide bonds. The summed E-state index contributed by atoms with van der Waals surface area (Å²) >= 11 is 5.81. The van der Waals surface area contributed by atoms with Gasteiger partial charge in [-0.2, -0.15) is 0 Å². The number of allylic oxidation sites excluding steroid dienone is 2. The molecule has 0 nitrogen and oxygen atoms in total. The van der Waals surface area contributed by atoms with Gasteiger partial charge in [-0.3, -0.25) is 0 Å². The molecule has 0 aliphatic rings. The fourth-order valence-corrected chi connectivity index (χ4v) is 0.650. The number of halogens is 1. The van der Waals surface area contributed by atoms with Crippen molar-refractivity contribution < 1.29 is 0 Å². The van der Waals surface area contributed by atoms with Gasteiger partial charge in [0, 0.05) is 0 Å². The van der Waals surface area contributed by atoms with Gasteiger partial charge in [0.1, 0.15) is 0 Å². The summed E-state index contributed by atoms with van der Waals surface area (Å²) in [4.78, 5) is 0. The highest BCUT2D eigenvalue weighted by molar-refractivity contribution is 6.21. The molecule has 1 heteroatoms. The molecule has 0 aromatic heterocycles. The van der Waals surface area contributed by atoms with Gasteiger partial charge in [-0.25, -0.2) is 0 Å². The van der Waals surface area contributed by atoms with Crippen molar-refractivity contribution in [2.24, 2.45) is 0 Å². The molecule has 1 unspecified atom stereocenters. The monoisotopic (exact) mass is 146 g/mol. The van der Waals surface area contributed by atoms with Crippen LogP contribution in [0.3, 0.4) is 0 Å². The second-order valence-corrected chi connectivity index (χ2v) is 2.70. The molecule has 0 aromatic rings. The van der Waals surface area contributed by atoms with Gasteiger partial charge in [0.25, 0.3) is 0 Å². The Labute approximate surface area is 62.9 Å². The van der Waals surface area contributed by atoms with Gasteiger partial charge in [-0.1, -0.05) is 32.4 Å². The highest BCUT2D eigenvalue weighted by Crippen LogP contribution is 2.03. The van der Waals surface area contributed by atoms with Gasteiger partial charge in [0.2, 0.25) is 0 Å². The molecule has 0 fully saturated rings. The molecule has 0 saturated heterocycles. The average molecular weight is 147 g/mol. The zero-order chi connectivity index (χ0) is 7.11. The number of unbranched alkanes of at least 4 members (excludes halogenated alkanes) is 1. The maximum Gasteiger partial charge on any atom is 0.0513 e. The Kier molecular flexibility index (Phi) is 6.18. The first kappa shape index (κ1) is 9.03. The highest BCUT2D eigenvalue weighted by atomic mass is 35.5. The van der Waals surface area contributed by atoms with E-state index in [1.54, 1.807) is 0 Å². The third-order valence-electron chi connectivity index (χ3n) is 1.19. The lowest BCUT2D eigenvalue weighted by molar-refractivity contribution is 0.925. The van der Waals surface area contributed by atoms with Gasteiger partial charge >= 0.3 is 0 Å². The van der Waals surface area contributed by atoms with E-state index in [2.05, 4.69) is 26.0 Å². The second-order valence-electron chi connectivity index (χ2n) is 2.14. The molecule has 54 valence electrons. The van der Waals surface area contributed by atoms with E-state index < -0.39 is 0 Å². The number of rotatable bonds is 4. The van der Waals surface area contributed by atoms with E-state index in [0.717, 1.165) is 12.8 Å². The Morgan fingerprint density at radius 2 is 2.11 bits per heavy atom. The second kappa shape index (κ2) is 6.15. The van der Waals surface area contributed by atoms with Gasteiger partial charge in [-0.15, -0.1) is 11.6 Å². The average Bonchev–Trinajstić information content (AvgIpc) is 1.89. The van der Waals surface area contributed by atoms with Crippen LogP contribution in [-0.2, 0) is 0 Å². The van der Waals surface area contributed by atoms with E-state index >= 15 is 0 Å². The minimum absolute atomic E-state index is 0.247. The Balaban J connectivity index is 3.20. The first-order valence-corrected chi connectivity index (χ1v) is 4.05. The number of alkyl halides is 1. The van der Waals surface area contributed by atoms with Crippen LogP contribution in [0, 0.1) is 0 Å². The smallest absolute Gasteiger partial charge is 0.0513 e. The van der Waals surface area contributed by atoms with Crippen LogP contribution in [0.5, 0.6) is 0 Å². The molecule has 9 heavy (non-hydrogen) atoms. The molecule has 0 saturated carbocycles. The maximum atomic E-state index is 5.81.